The van der Waals surface area contributed by atoms with Crippen molar-refractivity contribution in [2.24, 2.45) is 0 Å². The van der Waals surface area contributed by atoms with Crippen molar-refractivity contribution in [1.29, 1.82) is 0 Å². The molecule has 0 radical (unpaired) electrons. The Kier molecular flexibility index (Phi) is 4.45. The molecule has 3 nitrogen and oxygen atoms in total. The van der Waals surface area contributed by atoms with Crippen molar-refractivity contribution in [3.8, 4) is 11.5 Å². The van der Waals surface area contributed by atoms with Gasteiger partial charge in [0.1, 0.15) is 0 Å². The van der Waals surface area contributed by atoms with Crippen molar-refractivity contribution in [3.05, 3.63) is 58.1 Å². The third-order valence-corrected chi connectivity index (χ3v) is 3.55. The Bertz CT molecular complexity index is 555. The summed E-state index contributed by atoms with van der Waals surface area (Å²) in [5.41, 5.74) is 2.13. The van der Waals surface area contributed by atoms with E-state index in [9.17, 15) is 10.2 Å². The van der Waals surface area contributed by atoms with Gasteiger partial charge < -0.3 is 15.5 Å². The molecule has 100 valence electrons. The van der Waals surface area contributed by atoms with E-state index < -0.39 is 0 Å². The zero-order chi connectivity index (χ0) is 13.8. The van der Waals surface area contributed by atoms with Crippen LogP contribution in [0.2, 0.25) is 0 Å². The number of benzene rings is 2. The van der Waals surface area contributed by atoms with Crippen LogP contribution in [0.5, 0.6) is 11.5 Å². The van der Waals surface area contributed by atoms with Crippen LogP contribution < -0.4 is 5.32 Å². The lowest BCUT2D eigenvalue weighted by Gasteiger charge is -2.14. The zero-order valence-electron chi connectivity index (χ0n) is 10.6. The predicted octanol–water partition coefficient (Wildman–Crippen LogP) is 3.71. The average Bonchev–Trinajstić information content (AvgIpc) is 2.40. The molecule has 0 spiro atoms. The molecule has 0 amide bonds. The summed E-state index contributed by atoms with van der Waals surface area (Å²) < 4.78 is 1.06. The first-order valence-corrected chi connectivity index (χ1v) is 6.85. The van der Waals surface area contributed by atoms with Crippen LogP contribution in [0.4, 0.5) is 0 Å². The van der Waals surface area contributed by atoms with Gasteiger partial charge in [0.05, 0.1) is 0 Å². The van der Waals surface area contributed by atoms with Crippen molar-refractivity contribution in [3.63, 3.8) is 0 Å². The summed E-state index contributed by atoms with van der Waals surface area (Å²) in [5, 5.41) is 22.1. The lowest BCUT2D eigenvalue weighted by molar-refractivity contribution is 0.402. The lowest BCUT2D eigenvalue weighted by atomic mass is 10.1. The van der Waals surface area contributed by atoms with E-state index in [1.165, 1.54) is 11.6 Å². The molecule has 3 N–H and O–H groups in total. The Labute approximate surface area is 121 Å². The highest BCUT2D eigenvalue weighted by Crippen LogP contribution is 2.25. The topological polar surface area (TPSA) is 52.5 Å². The molecule has 0 aliphatic rings. The van der Waals surface area contributed by atoms with Gasteiger partial charge in [0, 0.05) is 17.1 Å². The van der Waals surface area contributed by atoms with Gasteiger partial charge in [-0.1, -0.05) is 34.1 Å². The number of aromatic hydroxyl groups is 2. The summed E-state index contributed by atoms with van der Waals surface area (Å²) >= 11 is 3.41. The monoisotopic (exact) mass is 321 g/mol. The van der Waals surface area contributed by atoms with Crippen LogP contribution in [0.25, 0.3) is 0 Å². The van der Waals surface area contributed by atoms with Crippen molar-refractivity contribution < 1.29 is 10.2 Å². The van der Waals surface area contributed by atoms with Crippen LogP contribution in [0.3, 0.4) is 0 Å². The number of hydrogen-bond acceptors (Lipinski definition) is 3. The van der Waals surface area contributed by atoms with Gasteiger partial charge in [0.2, 0.25) is 0 Å². The molecule has 0 saturated heterocycles. The minimum absolute atomic E-state index is 0.0874. The second kappa shape index (κ2) is 6.08. The van der Waals surface area contributed by atoms with Gasteiger partial charge >= 0.3 is 0 Å². The summed E-state index contributed by atoms with van der Waals surface area (Å²) in [6, 6.07) is 13.2. The van der Waals surface area contributed by atoms with Gasteiger partial charge in [0.25, 0.3) is 0 Å². The molecule has 0 saturated carbocycles. The fourth-order valence-electron chi connectivity index (χ4n) is 1.82. The molecule has 1 atom stereocenters. The van der Waals surface area contributed by atoms with Gasteiger partial charge in [-0.3, -0.25) is 0 Å². The van der Waals surface area contributed by atoms with E-state index in [1.807, 2.05) is 12.1 Å². The zero-order valence-corrected chi connectivity index (χ0v) is 12.2. The van der Waals surface area contributed by atoms with E-state index in [0.29, 0.717) is 6.54 Å². The Balaban J connectivity index is 1.98. The summed E-state index contributed by atoms with van der Waals surface area (Å²) in [6.07, 6.45) is 0. The number of rotatable bonds is 4. The third-order valence-electron chi connectivity index (χ3n) is 3.02. The smallest absolute Gasteiger partial charge is 0.157 e. The van der Waals surface area contributed by atoms with Gasteiger partial charge in [-0.05, 0) is 42.3 Å². The Morgan fingerprint density at radius 3 is 2.37 bits per heavy atom. The van der Waals surface area contributed by atoms with Crippen molar-refractivity contribution in [2.75, 3.05) is 0 Å². The summed E-state index contributed by atoms with van der Waals surface area (Å²) in [7, 11) is 0. The van der Waals surface area contributed by atoms with E-state index in [2.05, 4.69) is 40.3 Å². The summed E-state index contributed by atoms with van der Waals surface area (Å²) in [5.74, 6) is -0.180. The first-order chi connectivity index (χ1) is 9.06. The molecule has 0 bridgehead atoms. The number of phenolic OH excluding ortho intramolecular Hbond substituents is 2. The predicted molar refractivity (Wildman–Crippen MR) is 79.2 cm³/mol. The molecule has 0 heterocycles. The molecule has 2 rings (SSSR count). The lowest BCUT2D eigenvalue weighted by Crippen LogP contribution is -2.17. The molecule has 19 heavy (non-hydrogen) atoms. The molecule has 0 fully saturated rings. The maximum atomic E-state index is 9.43. The maximum Gasteiger partial charge on any atom is 0.157 e. The third kappa shape index (κ3) is 3.72. The highest BCUT2D eigenvalue weighted by atomic mass is 79.9. The van der Waals surface area contributed by atoms with Crippen LogP contribution in [0.15, 0.2) is 46.9 Å². The Morgan fingerprint density at radius 2 is 1.74 bits per heavy atom. The van der Waals surface area contributed by atoms with Gasteiger partial charge in [-0.15, -0.1) is 0 Å². The molecule has 2 aromatic carbocycles. The Morgan fingerprint density at radius 1 is 1.05 bits per heavy atom. The van der Waals surface area contributed by atoms with E-state index in [1.54, 1.807) is 12.1 Å². The molecular formula is C15H16BrNO2. The van der Waals surface area contributed by atoms with Crippen LogP contribution >= 0.6 is 15.9 Å². The highest BCUT2D eigenvalue weighted by Gasteiger charge is 2.06. The molecule has 2 aromatic rings. The number of hydrogen-bond donors (Lipinski definition) is 3. The summed E-state index contributed by atoms with van der Waals surface area (Å²) in [6.45, 7) is 2.72. The fourth-order valence-corrected chi connectivity index (χ4v) is 2.08. The van der Waals surface area contributed by atoms with Crippen molar-refractivity contribution in [2.45, 2.75) is 19.5 Å². The largest absolute Gasteiger partial charge is 0.504 e. The quantitative estimate of drug-likeness (QED) is 0.752. The van der Waals surface area contributed by atoms with E-state index in [-0.39, 0.29) is 17.5 Å². The van der Waals surface area contributed by atoms with Crippen LogP contribution in [0.1, 0.15) is 24.1 Å². The molecule has 4 heteroatoms. The first kappa shape index (κ1) is 13.9. The van der Waals surface area contributed by atoms with Crippen molar-refractivity contribution >= 4 is 15.9 Å². The fraction of sp³-hybridized carbons (Fsp3) is 0.200. The number of phenols is 2. The maximum absolute atomic E-state index is 9.43. The molecule has 0 aromatic heterocycles. The minimum Gasteiger partial charge on any atom is -0.504 e. The molecular weight excluding hydrogens is 306 g/mol. The van der Waals surface area contributed by atoms with Crippen LogP contribution in [0, 0.1) is 0 Å². The highest BCUT2D eigenvalue weighted by molar-refractivity contribution is 9.10. The molecule has 0 unspecified atom stereocenters. The number of nitrogens with one attached hydrogen (secondary N) is 1. The van der Waals surface area contributed by atoms with Crippen LogP contribution in [-0.2, 0) is 6.54 Å². The second-order valence-electron chi connectivity index (χ2n) is 4.48. The average molecular weight is 322 g/mol. The van der Waals surface area contributed by atoms with E-state index >= 15 is 0 Å². The molecule has 0 aliphatic heterocycles. The molecule has 0 aliphatic carbocycles. The second-order valence-corrected chi connectivity index (χ2v) is 5.39. The van der Waals surface area contributed by atoms with Gasteiger partial charge in [-0.25, -0.2) is 0 Å². The standard InChI is InChI=1S/C15H16BrNO2/c1-10(12-3-5-13(16)6-4-12)17-9-11-2-7-14(18)15(19)8-11/h2-8,10,17-19H,9H2,1H3/t10-/m0/s1. The Hall–Kier alpha value is -1.52. The van der Waals surface area contributed by atoms with E-state index in [4.69, 9.17) is 0 Å². The van der Waals surface area contributed by atoms with Crippen molar-refractivity contribution in [1.82, 2.24) is 5.32 Å². The SMILES string of the molecule is C[C@H](NCc1ccc(O)c(O)c1)c1ccc(Br)cc1. The van der Waals surface area contributed by atoms with Crippen LogP contribution in [-0.4, -0.2) is 10.2 Å². The summed E-state index contributed by atoms with van der Waals surface area (Å²) in [4.78, 5) is 0. The first-order valence-electron chi connectivity index (χ1n) is 6.06. The van der Waals surface area contributed by atoms with Gasteiger partial charge in [0.15, 0.2) is 11.5 Å². The van der Waals surface area contributed by atoms with Gasteiger partial charge in [-0.2, -0.15) is 0 Å². The normalized spacial score (nSPS) is 12.3. The minimum atomic E-state index is -0.0929. The number of halogens is 1. The van der Waals surface area contributed by atoms with E-state index in [0.717, 1.165) is 10.0 Å².